The lowest BCUT2D eigenvalue weighted by molar-refractivity contribution is 0.0918. The zero-order valence-corrected chi connectivity index (χ0v) is 32.1. The number of nitrogens with one attached hydrogen (secondary N) is 2. The van der Waals surface area contributed by atoms with Gasteiger partial charge in [0, 0.05) is 53.8 Å². The molecule has 0 aliphatic carbocycles. The lowest BCUT2D eigenvalue weighted by Crippen LogP contribution is -2.40. The normalized spacial score (nSPS) is 15.1. The number of fused-ring (bicyclic) bond motifs is 5. The monoisotopic (exact) mass is 736 g/mol. The van der Waals surface area contributed by atoms with Crippen molar-refractivity contribution in [2.24, 2.45) is 0 Å². The van der Waals surface area contributed by atoms with Gasteiger partial charge in [0.2, 0.25) is 20.0 Å². The topological polar surface area (TPSA) is 146 Å². The quantitative estimate of drug-likeness (QED) is 0.228. The van der Waals surface area contributed by atoms with Crippen LogP contribution in [0.15, 0.2) is 59.0 Å². The molecule has 5 rings (SSSR count). The van der Waals surface area contributed by atoms with Crippen molar-refractivity contribution in [2.75, 3.05) is 41.3 Å². The molecule has 1 aromatic heterocycles. The second-order valence-corrected chi connectivity index (χ2v) is 18.2. The lowest BCUT2D eigenvalue weighted by atomic mass is 9.96. The number of rotatable bonds is 5. The number of amides is 2. The minimum Gasteiger partial charge on any atom is -0.455 e. The van der Waals surface area contributed by atoms with Crippen LogP contribution in [-0.4, -0.2) is 66.8 Å². The number of furan rings is 1. The summed E-state index contributed by atoms with van der Waals surface area (Å²) in [6, 6.07) is 15.7. The number of carbonyl (C=O) groups is 2. The van der Waals surface area contributed by atoms with E-state index in [4.69, 9.17) is 4.42 Å². The van der Waals surface area contributed by atoms with Crippen LogP contribution in [0.2, 0.25) is 0 Å². The van der Waals surface area contributed by atoms with Crippen molar-refractivity contribution < 1.29 is 30.8 Å². The van der Waals surface area contributed by atoms with Crippen LogP contribution in [0.1, 0.15) is 85.6 Å². The van der Waals surface area contributed by atoms with E-state index in [1.807, 2.05) is 52.0 Å². The molecule has 0 saturated heterocycles. The smallest absolute Gasteiger partial charge is 0.255 e. The molecule has 0 fully saturated rings. The Bertz CT molecular complexity index is 2170. The lowest BCUT2D eigenvalue weighted by Gasteiger charge is -2.27. The molecular weight excluding hydrogens is 689 g/mol. The third-order valence-corrected chi connectivity index (χ3v) is 11.3. The van der Waals surface area contributed by atoms with Crippen LogP contribution in [0.3, 0.4) is 0 Å². The number of anilines is 2. The van der Waals surface area contributed by atoms with E-state index < -0.39 is 37.4 Å². The highest BCUT2D eigenvalue weighted by atomic mass is 32.2. The van der Waals surface area contributed by atoms with Crippen LogP contribution in [0.5, 0.6) is 0 Å². The first-order valence-corrected chi connectivity index (χ1v) is 20.9. The van der Waals surface area contributed by atoms with Crippen molar-refractivity contribution in [2.45, 2.75) is 71.8 Å². The maximum Gasteiger partial charge on any atom is 0.255 e. The first-order valence-electron chi connectivity index (χ1n) is 17.2. The molecule has 0 unspecified atom stereocenters. The number of benzene rings is 3. The fraction of sp³-hybridized carbons (Fsp3) is 0.421. The molecule has 2 bridgehead atoms. The number of hydrogen-bond donors (Lipinski definition) is 2. The van der Waals surface area contributed by atoms with Crippen LogP contribution in [0.25, 0.3) is 33.4 Å². The highest BCUT2D eigenvalue weighted by Gasteiger charge is 2.29. The average molecular weight is 737 g/mol. The van der Waals surface area contributed by atoms with E-state index in [0.29, 0.717) is 46.3 Å². The fourth-order valence-electron chi connectivity index (χ4n) is 6.45. The van der Waals surface area contributed by atoms with Gasteiger partial charge in [-0.2, -0.15) is 0 Å². The Labute approximate surface area is 301 Å². The van der Waals surface area contributed by atoms with Gasteiger partial charge in [-0.05, 0) is 70.4 Å². The summed E-state index contributed by atoms with van der Waals surface area (Å²) >= 11 is 0. The standard InChI is InChI=1S/C38H48N4O7S2/c1-25-14-16-26(17-15-25)35-34(37(44)39-5)31-23-30-27-20-28(36(43)40-38(2,3)4)22-29(21-27)41(50(6,45)46)18-12-10-8-9-11-13-19-42(51(7,47)48)32(30)24-33(31)49-35/h14-17,20-24H,8-13,18-19H2,1-7H3,(H,39,44)(H,40,43). The zero-order chi connectivity index (χ0) is 37.3. The third-order valence-electron chi connectivity index (χ3n) is 8.88. The Balaban J connectivity index is 1.91. The maximum atomic E-state index is 13.7. The highest BCUT2D eigenvalue weighted by molar-refractivity contribution is 7.92. The largest absolute Gasteiger partial charge is 0.455 e. The van der Waals surface area contributed by atoms with Gasteiger partial charge in [0.15, 0.2) is 0 Å². The molecule has 13 heteroatoms. The van der Waals surface area contributed by atoms with E-state index in [1.54, 1.807) is 30.3 Å². The molecule has 2 amide bonds. The molecule has 1 aliphatic rings. The Hall–Kier alpha value is -4.36. The molecule has 4 aromatic rings. The molecule has 274 valence electrons. The summed E-state index contributed by atoms with van der Waals surface area (Å²) in [4.78, 5) is 27.3. The molecule has 0 spiro atoms. The van der Waals surface area contributed by atoms with Gasteiger partial charge in [0.1, 0.15) is 11.3 Å². The average Bonchev–Trinajstić information content (AvgIpc) is 3.40. The van der Waals surface area contributed by atoms with Crippen LogP contribution in [0, 0.1) is 6.92 Å². The van der Waals surface area contributed by atoms with Gasteiger partial charge in [0.25, 0.3) is 11.8 Å². The molecule has 0 atom stereocenters. The van der Waals surface area contributed by atoms with E-state index in [0.717, 1.165) is 43.8 Å². The van der Waals surface area contributed by atoms with E-state index in [9.17, 15) is 26.4 Å². The molecule has 11 nitrogen and oxygen atoms in total. The van der Waals surface area contributed by atoms with E-state index >= 15 is 0 Å². The minimum atomic E-state index is -3.85. The summed E-state index contributed by atoms with van der Waals surface area (Å²) in [6.07, 6.45) is 6.79. The molecule has 0 saturated carbocycles. The Kier molecular flexibility index (Phi) is 10.9. The van der Waals surface area contributed by atoms with Crippen molar-refractivity contribution in [3.8, 4) is 22.5 Å². The van der Waals surface area contributed by atoms with Gasteiger partial charge in [0.05, 0.1) is 29.4 Å². The molecular formula is C38H48N4O7S2. The number of carbonyl (C=O) groups excluding carboxylic acids is 2. The summed E-state index contributed by atoms with van der Waals surface area (Å²) in [5.74, 6) is -0.498. The van der Waals surface area contributed by atoms with Crippen LogP contribution in [-0.2, 0) is 20.0 Å². The van der Waals surface area contributed by atoms with E-state index in [2.05, 4.69) is 10.6 Å². The van der Waals surface area contributed by atoms with E-state index in [1.165, 1.54) is 15.7 Å². The first-order chi connectivity index (χ1) is 23.9. The number of nitrogens with zero attached hydrogens (tertiary/aromatic N) is 2. The Morgan fingerprint density at radius 3 is 1.90 bits per heavy atom. The molecule has 1 aliphatic heterocycles. The summed E-state index contributed by atoms with van der Waals surface area (Å²) < 4.78 is 62.8. The Morgan fingerprint density at radius 2 is 1.33 bits per heavy atom. The van der Waals surface area contributed by atoms with Crippen molar-refractivity contribution >= 4 is 54.2 Å². The van der Waals surface area contributed by atoms with Crippen molar-refractivity contribution in [1.82, 2.24) is 10.6 Å². The summed E-state index contributed by atoms with van der Waals surface area (Å²) in [6.45, 7) is 7.91. The Morgan fingerprint density at radius 1 is 0.745 bits per heavy atom. The minimum absolute atomic E-state index is 0.192. The van der Waals surface area contributed by atoms with Gasteiger partial charge in [-0.1, -0.05) is 55.5 Å². The van der Waals surface area contributed by atoms with Gasteiger partial charge < -0.3 is 15.1 Å². The van der Waals surface area contributed by atoms with Crippen molar-refractivity contribution in [1.29, 1.82) is 0 Å². The van der Waals surface area contributed by atoms with Crippen LogP contribution < -0.4 is 19.2 Å². The number of aryl methyl sites for hydroxylation is 1. The molecule has 2 N–H and O–H groups in total. The maximum absolute atomic E-state index is 13.7. The SMILES string of the molecule is CNC(=O)c1c(-c2ccc(C)cc2)oc2cc3c(cc12)-c1cc(C(=O)NC(C)(C)C)cc(c1)N(S(C)(=O)=O)CCCCCCCCN3S(C)(=O)=O. The van der Waals surface area contributed by atoms with Gasteiger partial charge in [-0.3, -0.25) is 18.2 Å². The predicted octanol–water partition coefficient (Wildman–Crippen LogP) is 6.85. The predicted molar refractivity (Wildman–Crippen MR) is 205 cm³/mol. The van der Waals surface area contributed by atoms with Gasteiger partial charge in [-0.15, -0.1) is 0 Å². The van der Waals surface area contributed by atoms with E-state index in [-0.39, 0.29) is 35.6 Å². The van der Waals surface area contributed by atoms with Crippen molar-refractivity contribution in [3.63, 3.8) is 0 Å². The molecule has 2 heterocycles. The zero-order valence-electron chi connectivity index (χ0n) is 30.4. The number of hydrogen-bond acceptors (Lipinski definition) is 7. The molecule has 0 radical (unpaired) electrons. The third kappa shape index (κ3) is 8.75. The second-order valence-electron chi connectivity index (χ2n) is 14.4. The van der Waals surface area contributed by atoms with Crippen LogP contribution >= 0.6 is 0 Å². The number of sulfonamides is 2. The van der Waals surface area contributed by atoms with Gasteiger partial charge in [-0.25, -0.2) is 16.8 Å². The molecule has 3 aromatic carbocycles. The van der Waals surface area contributed by atoms with Gasteiger partial charge >= 0.3 is 0 Å². The second kappa shape index (κ2) is 14.7. The summed E-state index contributed by atoms with van der Waals surface area (Å²) in [5.41, 5.74) is 3.23. The highest BCUT2D eigenvalue weighted by Crippen LogP contribution is 2.43. The summed E-state index contributed by atoms with van der Waals surface area (Å²) in [5, 5.41) is 6.11. The van der Waals surface area contributed by atoms with Crippen molar-refractivity contribution in [3.05, 3.63) is 71.3 Å². The summed E-state index contributed by atoms with van der Waals surface area (Å²) in [7, 11) is -6.11. The van der Waals surface area contributed by atoms with Crippen LogP contribution in [0.4, 0.5) is 11.4 Å². The fourth-order valence-corrected chi connectivity index (χ4v) is 8.37. The molecule has 51 heavy (non-hydrogen) atoms. The first kappa shape index (κ1) is 37.9.